The predicted octanol–water partition coefficient (Wildman–Crippen LogP) is 4.23. The van der Waals surface area contributed by atoms with E-state index in [2.05, 4.69) is 0 Å². The maximum atomic E-state index is 13.6. The number of Topliss-reactive ketones (excluding diaryl/α,β-unsaturated/α-hetero) is 1. The van der Waals surface area contributed by atoms with Gasteiger partial charge in [0.1, 0.15) is 11.6 Å². The fraction of sp³-hybridized carbons (Fsp3) is 0.0714. The van der Waals surface area contributed by atoms with Gasteiger partial charge in [-0.3, -0.25) is 14.9 Å². The third-order valence-corrected chi connectivity index (χ3v) is 3.71. The van der Waals surface area contributed by atoms with Crippen LogP contribution in [0.1, 0.15) is 17.3 Å². The number of ketones is 1. The molecule has 2 rings (SSSR count). The average molecular weight is 309 g/mol. The first-order valence-electron chi connectivity index (χ1n) is 5.81. The summed E-state index contributed by atoms with van der Waals surface area (Å²) in [6.45, 7) is 1.23. The Labute approximate surface area is 122 Å². The van der Waals surface area contributed by atoms with E-state index in [0.717, 1.165) is 23.9 Å². The number of hydrogen-bond donors (Lipinski definition) is 0. The van der Waals surface area contributed by atoms with E-state index >= 15 is 0 Å². The maximum absolute atomic E-state index is 13.6. The molecular formula is C14H9F2NO3S. The Morgan fingerprint density at radius 2 is 1.90 bits per heavy atom. The molecule has 2 aromatic carbocycles. The van der Waals surface area contributed by atoms with Crippen LogP contribution in [-0.4, -0.2) is 10.7 Å². The van der Waals surface area contributed by atoms with Crippen LogP contribution in [0.15, 0.2) is 46.2 Å². The summed E-state index contributed by atoms with van der Waals surface area (Å²) >= 11 is 0.917. The van der Waals surface area contributed by atoms with Crippen molar-refractivity contribution in [2.45, 2.75) is 16.7 Å². The van der Waals surface area contributed by atoms with E-state index in [0.29, 0.717) is 4.90 Å². The predicted molar refractivity (Wildman–Crippen MR) is 73.6 cm³/mol. The minimum absolute atomic E-state index is 0.0103. The summed E-state index contributed by atoms with van der Waals surface area (Å²) in [5, 5.41) is 11.0. The molecule has 0 aliphatic carbocycles. The van der Waals surface area contributed by atoms with Gasteiger partial charge in [-0.15, -0.1) is 0 Å². The van der Waals surface area contributed by atoms with E-state index in [-0.39, 0.29) is 16.1 Å². The number of halogens is 2. The van der Waals surface area contributed by atoms with Gasteiger partial charge in [-0.2, -0.15) is 0 Å². The molecule has 2 aromatic rings. The van der Waals surface area contributed by atoms with Gasteiger partial charge in [0, 0.05) is 21.9 Å². The molecule has 0 aromatic heterocycles. The zero-order chi connectivity index (χ0) is 15.6. The molecule has 0 spiro atoms. The number of carbonyl (C=O) groups is 1. The van der Waals surface area contributed by atoms with Gasteiger partial charge in [-0.05, 0) is 31.2 Å². The van der Waals surface area contributed by atoms with Crippen molar-refractivity contribution >= 4 is 23.2 Å². The van der Waals surface area contributed by atoms with Gasteiger partial charge in [0.25, 0.3) is 5.69 Å². The van der Waals surface area contributed by atoms with Gasteiger partial charge in [0.05, 0.1) is 10.5 Å². The summed E-state index contributed by atoms with van der Waals surface area (Å²) < 4.78 is 26.4. The van der Waals surface area contributed by atoms with E-state index < -0.39 is 22.3 Å². The molecule has 0 radical (unpaired) electrons. The SMILES string of the molecule is CC(=O)c1ccc(Sc2ccc(F)cc2F)cc1[N+](=O)[O-]. The van der Waals surface area contributed by atoms with E-state index in [9.17, 15) is 23.7 Å². The molecule has 4 nitrogen and oxygen atoms in total. The Morgan fingerprint density at radius 3 is 2.48 bits per heavy atom. The molecule has 0 aliphatic rings. The lowest BCUT2D eigenvalue weighted by atomic mass is 10.1. The topological polar surface area (TPSA) is 60.2 Å². The van der Waals surface area contributed by atoms with Crippen molar-refractivity contribution in [3.05, 3.63) is 63.7 Å². The van der Waals surface area contributed by atoms with Crippen LogP contribution in [-0.2, 0) is 0 Å². The average Bonchev–Trinajstić information content (AvgIpc) is 2.41. The second-order valence-electron chi connectivity index (χ2n) is 4.17. The van der Waals surface area contributed by atoms with Gasteiger partial charge in [0.15, 0.2) is 5.78 Å². The first-order chi connectivity index (χ1) is 9.88. The molecule has 0 aliphatic heterocycles. The summed E-state index contributed by atoms with van der Waals surface area (Å²) in [6.07, 6.45) is 0. The fourth-order valence-electron chi connectivity index (χ4n) is 1.71. The molecule has 0 heterocycles. The summed E-state index contributed by atoms with van der Waals surface area (Å²) in [7, 11) is 0. The number of nitrogens with zero attached hydrogens (tertiary/aromatic N) is 1. The Morgan fingerprint density at radius 1 is 1.19 bits per heavy atom. The van der Waals surface area contributed by atoms with Crippen LogP contribution in [0.25, 0.3) is 0 Å². The highest BCUT2D eigenvalue weighted by Crippen LogP contribution is 2.33. The molecule has 0 fully saturated rings. The maximum Gasteiger partial charge on any atom is 0.281 e. The summed E-state index contributed by atoms with van der Waals surface area (Å²) in [5.41, 5.74) is -0.348. The fourth-order valence-corrected chi connectivity index (χ4v) is 2.56. The third-order valence-electron chi connectivity index (χ3n) is 2.67. The Kier molecular flexibility index (Phi) is 4.32. The first kappa shape index (κ1) is 15.1. The molecule has 108 valence electrons. The van der Waals surface area contributed by atoms with Crippen molar-refractivity contribution in [1.82, 2.24) is 0 Å². The third kappa shape index (κ3) is 3.43. The molecule has 21 heavy (non-hydrogen) atoms. The van der Waals surface area contributed by atoms with Gasteiger partial charge in [-0.25, -0.2) is 8.78 Å². The van der Waals surface area contributed by atoms with Crippen LogP contribution in [0, 0.1) is 21.7 Å². The van der Waals surface area contributed by atoms with Crippen molar-refractivity contribution in [1.29, 1.82) is 0 Å². The zero-order valence-corrected chi connectivity index (χ0v) is 11.6. The van der Waals surface area contributed by atoms with E-state index in [1.54, 1.807) is 0 Å². The van der Waals surface area contributed by atoms with Gasteiger partial charge in [0.2, 0.25) is 0 Å². The highest BCUT2D eigenvalue weighted by Gasteiger charge is 2.18. The first-order valence-corrected chi connectivity index (χ1v) is 6.62. The summed E-state index contributed by atoms with van der Waals surface area (Å²) in [6, 6.07) is 7.09. The second-order valence-corrected chi connectivity index (χ2v) is 5.28. The van der Waals surface area contributed by atoms with Crippen molar-refractivity contribution in [3.8, 4) is 0 Å². The Bertz CT molecular complexity index is 734. The van der Waals surface area contributed by atoms with Crippen LogP contribution in [0.4, 0.5) is 14.5 Å². The molecule has 0 unspecified atom stereocenters. The van der Waals surface area contributed by atoms with E-state index in [4.69, 9.17) is 0 Å². The Hall–Kier alpha value is -2.28. The van der Waals surface area contributed by atoms with Crippen molar-refractivity contribution in [2.75, 3.05) is 0 Å². The zero-order valence-electron chi connectivity index (χ0n) is 10.8. The molecule has 0 amide bonds. The molecular weight excluding hydrogens is 300 g/mol. The second kappa shape index (κ2) is 6.01. The van der Waals surface area contributed by atoms with Crippen LogP contribution in [0.5, 0.6) is 0 Å². The molecule has 0 saturated heterocycles. The largest absolute Gasteiger partial charge is 0.294 e. The highest BCUT2D eigenvalue weighted by atomic mass is 32.2. The normalized spacial score (nSPS) is 10.4. The highest BCUT2D eigenvalue weighted by molar-refractivity contribution is 7.99. The number of nitro benzene ring substituents is 1. The minimum atomic E-state index is -0.752. The van der Waals surface area contributed by atoms with Crippen molar-refractivity contribution in [3.63, 3.8) is 0 Å². The molecule has 0 bridgehead atoms. The lowest BCUT2D eigenvalue weighted by Crippen LogP contribution is -2.00. The molecule has 0 N–H and O–H groups in total. The number of nitro groups is 1. The smallest absolute Gasteiger partial charge is 0.281 e. The van der Waals surface area contributed by atoms with Gasteiger partial charge < -0.3 is 0 Å². The minimum Gasteiger partial charge on any atom is -0.294 e. The van der Waals surface area contributed by atoms with Crippen molar-refractivity contribution in [2.24, 2.45) is 0 Å². The summed E-state index contributed by atoms with van der Waals surface area (Å²) in [4.78, 5) is 22.1. The monoisotopic (exact) mass is 309 g/mol. The lowest BCUT2D eigenvalue weighted by molar-refractivity contribution is -0.385. The van der Waals surface area contributed by atoms with Gasteiger partial charge in [-0.1, -0.05) is 11.8 Å². The molecule has 0 atom stereocenters. The molecule has 7 heteroatoms. The van der Waals surface area contributed by atoms with Crippen LogP contribution < -0.4 is 0 Å². The number of rotatable bonds is 4. The van der Waals surface area contributed by atoms with Crippen molar-refractivity contribution < 1.29 is 18.5 Å². The van der Waals surface area contributed by atoms with E-state index in [1.165, 1.54) is 31.2 Å². The van der Waals surface area contributed by atoms with Gasteiger partial charge >= 0.3 is 0 Å². The number of hydrogen-bond acceptors (Lipinski definition) is 4. The number of benzene rings is 2. The van der Waals surface area contributed by atoms with Crippen LogP contribution in [0.3, 0.4) is 0 Å². The number of carbonyl (C=O) groups excluding carboxylic acids is 1. The molecule has 0 saturated carbocycles. The summed E-state index contributed by atoms with van der Waals surface area (Å²) in [5.74, 6) is -1.88. The van der Waals surface area contributed by atoms with E-state index in [1.807, 2.05) is 0 Å². The van der Waals surface area contributed by atoms with Crippen LogP contribution >= 0.6 is 11.8 Å². The quantitative estimate of drug-likeness (QED) is 0.482. The Balaban J connectivity index is 2.39. The standard InChI is InChI=1S/C14H9F2NO3S/c1-8(18)11-4-3-10(7-13(11)17(19)20)21-14-5-2-9(15)6-12(14)16/h2-7H,1H3. The lowest BCUT2D eigenvalue weighted by Gasteiger charge is -2.05. The van der Waals surface area contributed by atoms with Crippen LogP contribution in [0.2, 0.25) is 0 Å².